The maximum absolute atomic E-state index is 13.7. The van der Waals surface area contributed by atoms with Gasteiger partial charge < -0.3 is 5.73 Å². The molecule has 0 fully saturated rings. The van der Waals surface area contributed by atoms with Crippen molar-refractivity contribution in [1.82, 2.24) is 0 Å². The molecule has 106 valence electrons. The molecule has 0 bridgehead atoms. The molecule has 0 saturated carbocycles. The second kappa shape index (κ2) is 5.71. The van der Waals surface area contributed by atoms with Crippen molar-refractivity contribution in [3.63, 3.8) is 0 Å². The lowest BCUT2D eigenvalue weighted by Gasteiger charge is -2.32. The minimum absolute atomic E-state index is 0.297. The van der Waals surface area contributed by atoms with E-state index < -0.39 is 11.6 Å². The summed E-state index contributed by atoms with van der Waals surface area (Å²) >= 11 is 0. The zero-order chi connectivity index (χ0) is 14.8. The van der Waals surface area contributed by atoms with Gasteiger partial charge in [0.1, 0.15) is 11.6 Å². The third-order valence-corrected chi connectivity index (χ3v) is 3.89. The first kappa shape index (κ1) is 14.7. The van der Waals surface area contributed by atoms with Gasteiger partial charge in [-0.1, -0.05) is 44.2 Å². The molecule has 0 aliphatic heterocycles. The highest BCUT2D eigenvalue weighted by Crippen LogP contribution is 2.28. The zero-order valence-electron chi connectivity index (χ0n) is 11.7. The molecule has 0 aliphatic rings. The van der Waals surface area contributed by atoms with Gasteiger partial charge in [-0.25, -0.2) is 8.78 Å². The van der Waals surface area contributed by atoms with E-state index in [1.54, 1.807) is 0 Å². The van der Waals surface area contributed by atoms with Crippen LogP contribution in [-0.2, 0) is 11.8 Å². The molecule has 0 amide bonds. The molecule has 3 heteroatoms. The number of nitrogens with two attached hydrogens (primary N) is 1. The van der Waals surface area contributed by atoms with E-state index in [9.17, 15) is 8.78 Å². The summed E-state index contributed by atoms with van der Waals surface area (Å²) in [6, 6.07) is 13.0. The van der Waals surface area contributed by atoms with Crippen LogP contribution in [0.15, 0.2) is 48.5 Å². The lowest BCUT2D eigenvalue weighted by molar-refractivity contribution is 0.401. The Kier molecular flexibility index (Phi) is 4.19. The molecule has 1 unspecified atom stereocenters. The Morgan fingerprint density at radius 1 is 1.05 bits per heavy atom. The minimum atomic E-state index is -0.439. The average molecular weight is 275 g/mol. The minimum Gasteiger partial charge on any atom is -0.327 e. The SMILES string of the molecule is CC(C)(c1ccccc1)C(N)Cc1cc(F)ccc1F. The van der Waals surface area contributed by atoms with Gasteiger partial charge in [0.2, 0.25) is 0 Å². The van der Waals surface area contributed by atoms with Crippen LogP contribution < -0.4 is 5.73 Å². The second-order valence-corrected chi connectivity index (χ2v) is 5.63. The standard InChI is InChI=1S/C17H19F2N/c1-17(2,13-6-4-3-5-7-13)16(20)11-12-10-14(18)8-9-15(12)19/h3-10,16H,11,20H2,1-2H3. The van der Waals surface area contributed by atoms with Crippen molar-refractivity contribution < 1.29 is 8.78 Å². The summed E-state index contributed by atoms with van der Waals surface area (Å²) in [5.74, 6) is -0.850. The molecule has 2 aromatic rings. The van der Waals surface area contributed by atoms with Gasteiger partial charge in [0.25, 0.3) is 0 Å². The van der Waals surface area contributed by atoms with Gasteiger partial charge in [-0.3, -0.25) is 0 Å². The maximum Gasteiger partial charge on any atom is 0.126 e. The number of halogens is 2. The predicted molar refractivity (Wildman–Crippen MR) is 77.5 cm³/mol. The maximum atomic E-state index is 13.7. The first-order valence-corrected chi connectivity index (χ1v) is 6.66. The van der Waals surface area contributed by atoms with Gasteiger partial charge in [0.15, 0.2) is 0 Å². The van der Waals surface area contributed by atoms with Crippen molar-refractivity contribution in [2.45, 2.75) is 31.7 Å². The fourth-order valence-electron chi connectivity index (χ4n) is 2.27. The van der Waals surface area contributed by atoms with Gasteiger partial charge in [-0.2, -0.15) is 0 Å². The molecule has 0 heterocycles. The highest BCUT2D eigenvalue weighted by Gasteiger charge is 2.29. The van der Waals surface area contributed by atoms with Crippen LogP contribution in [0.4, 0.5) is 8.78 Å². The van der Waals surface area contributed by atoms with E-state index in [1.165, 1.54) is 6.07 Å². The van der Waals surface area contributed by atoms with Gasteiger partial charge in [0, 0.05) is 11.5 Å². The molecule has 0 radical (unpaired) electrons. The van der Waals surface area contributed by atoms with Crippen molar-refractivity contribution in [3.05, 3.63) is 71.3 Å². The third kappa shape index (κ3) is 3.05. The Morgan fingerprint density at radius 3 is 2.35 bits per heavy atom. The molecule has 20 heavy (non-hydrogen) atoms. The molecular formula is C17H19F2N. The van der Waals surface area contributed by atoms with Crippen LogP contribution in [0, 0.1) is 11.6 Å². The molecule has 2 aromatic carbocycles. The Bertz CT molecular complexity index is 579. The van der Waals surface area contributed by atoms with Crippen LogP contribution >= 0.6 is 0 Å². The molecule has 0 aromatic heterocycles. The average Bonchev–Trinajstić information content (AvgIpc) is 2.43. The Labute approximate surface area is 118 Å². The van der Waals surface area contributed by atoms with Crippen molar-refractivity contribution in [3.8, 4) is 0 Å². The molecule has 2 rings (SSSR count). The normalized spacial score (nSPS) is 13.2. The summed E-state index contributed by atoms with van der Waals surface area (Å²) < 4.78 is 26.9. The first-order chi connectivity index (χ1) is 9.41. The van der Waals surface area contributed by atoms with Crippen LogP contribution in [0.3, 0.4) is 0 Å². The van der Waals surface area contributed by atoms with Crippen molar-refractivity contribution in [2.75, 3.05) is 0 Å². The van der Waals surface area contributed by atoms with Gasteiger partial charge in [-0.15, -0.1) is 0 Å². The quantitative estimate of drug-likeness (QED) is 0.902. The smallest absolute Gasteiger partial charge is 0.126 e. The largest absolute Gasteiger partial charge is 0.327 e. The molecule has 0 spiro atoms. The van der Waals surface area contributed by atoms with Crippen LogP contribution in [0.1, 0.15) is 25.0 Å². The fourth-order valence-corrected chi connectivity index (χ4v) is 2.27. The summed E-state index contributed by atoms with van der Waals surface area (Å²) in [5, 5.41) is 0. The Morgan fingerprint density at radius 2 is 1.70 bits per heavy atom. The van der Waals surface area contributed by atoms with E-state index in [0.717, 1.165) is 17.7 Å². The van der Waals surface area contributed by atoms with Crippen LogP contribution in [0.5, 0.6) is 0 Å². The Balaban J connectivity index is 2.23. The molecule has 0 saturated heterocycles. The lowest BCUT2D eigenvalue weighted by Crippen LogP contribution is -2.42. The topological polar surface area (TPSA) is 26.0 Å². The number of hydrogen-bond donors (Lipinski definition) is 1. The lowest BCUT2D eigenvalue weighted by atomic mass is 9.76. The molecule has 1 nitrogen and oxygen atoms in total. The molecule has 0 aliphatic carbocycles. The Hall–Kier alpha value is -1.74. The van der Waals surface area contributed by atoms with E-state index in [4.69, 9.17) is 5.73 Å². The predicted octanol–water partition coefficient (Wildman–Crippen LogP) is 3.81. The number of rotatable bonds is 4. The van der Waals surface area contributed by atoms with E-state index in [1.807, 2.05) is 44.2 Å². The second-order valence-electron chi connectivity index (χ2n) is 5.63. The van der Waals surface area contributed by atoms with Crippen molar-refractivity contribution in [1.29, 1.82) is 0 Å². The zero-order valence-corrected chi connectivity index (χ0v) is 11.7. The van der Waals surface area contributed by atoms with Crippen LogP contribution in [0.25, 0.3) is 0 Å². The van der Waals surface area contributed by atoms with E-state index in [0.29, 0.717) is 12.0 Å². The molecular weight excluding hydrogens is 256 g/mol. The fraction of sp³-hybridized carbons (Fsp3) is 0.294. The third-order valence-electron chi connectivity index (χ3n) is 3.89. The van der Waals surface area contributed by atoms with E-state index in [2.05, 4.69) is 0 Å². The summed E-state index contributed by atoms with van der Waals surface area (Å²) in [6.45, 7) is 4.04. The summed E-state index contributed by atoms with van der Waals surface area (Å²) in [4.78, 5) is 0. The summed E-state index contributed by atoms with van der Waals surface area (Å²) in [5.41, 5.74) is 7.33. The van der Waals surface area contributed by atoms with E-state index in [-0.39, 0.29) is 11.5 Å². The molecule has 1 atom stereocenters. The van der Waals surface area contributed by atoms with Crippen molar-refractivity contribution in [2.24, 2.45) is 5.73 Å². The highest BCUT2D eigenvalue weighted by molar-refractivity contribution is 5.28. The number of benzene rings is 2. The summed E-state index contributed by atoms with van der Waals surface area (Å²) in [6.07, 6.45) is 0.297. The summed E-state index contributed by atoms with van der Waals surface area (Å²) in [7, 11) is 0. The molecule has 2 N–H and O–H groups in total. The monoisotopic (exact) mass is 275 g/mol. The number of hydrogen-bond acceptors (Lipinski definition) is 1. The van der Waals surface area contributed by atoms with Gasteiger partial charge in [0.05, 0.1) is 0 Å². The van der Waals surface area contributed by atoms with Gasteiger partial charge in [-0.05, 0) is 35.7 Å². The van der Waals surface area contributed by atoms with Crippen LogP contribution in [0.2, 0.25) is 0 Å². The van der Waals surface area contributed by atoms with E-state index >= 15 is 0 Å². The highest BCUT2D eigenvalue weighted by atomic mass is 19.1. The van der Waals surface area contributed by atoms with Crippen molar-refractivity contribution >= 4 is 0 Å². The van der Waals surface area contributed by atoms with Gasteiger partial charge >= 0.3 is 0 Å². The van der Waals surface area contributed by atoms with Crippen LogP contribution in [-0.4, -0.2) is 6.04 Å². The first-order valence-electron chi connectivity index (χ1n) is 6.66.